The smallest absolute Gasteiger partial charge is 0.363 e. The van der Waals surface area contributed by atoms with E-state index in [2.05, 4.69) is 25.1 Å². The zero-order valence-corrected chi connectivity index (χ0v) is 16.8. The molecule has 0 bridgehead atoms. The van der Waals surface area contributed by atoms with Gasteiger partial charge in [0.2, 0.25) is 0 Å². The number of anilines is 1. The van der Waals surface area contributed by atoms with Gasteiger partial charge in [0.15, 0.2) is 5.69 Å². The summed E-state index contributed by atoms with van der Waals surface area (Å²) in [5.74, 6) is 0.0583. The predicted molar refractivity (Wildman–Crippen MR) is 104 cm³/mol. The molecule has 3 rings (SSSR count). The predicted octanol–water partition coefficient (Wildman–Crippen LogP) is 4.19. The zero-order valence-electron chi connectivity index (χ0n) is 16.0. The highest BCUT2D eigenvalue weighted by atomic mass is 32.1. The second kappa shape index (κ2) is 8.11. The number of nitrogens with zero attached hydrogens (tertiary/aromatic N) is 6. The minimum atomic E-state index is -4.63. The first-order valence-electron chi connectivity index (χ1n) is 8.38. The quantitative estimate of drug-likeness (QED) is 0.453. The van der Waals surface area contributed by atoms with E-state index in [0.29, 0.717) is 5.71 Å². The Kier molecular flexibility index (Phi) is 5.78. The molecule has 3 aromatic heterocycles. The molecule has 0 fully saturated rings. The van der Waals surface area contributed by atoms with Crippen molar-refractivity contribution in [1.29, 1.82) is 0 Å². The summed E-state index contributed by atoms with van der Waals surface area (Å²) in [6, 6.07) is 4.05. The van der Waals surface area contributed by atoms with Crippen molar-refractivity contribution in [1.82, 2.24) is 19.9 Å². The normalized spacial score (nSPS) is 12.2. The lowest BCUT2D eigenvalue weighted by atomic mass is 10.3. The molecule has 3 aromatic rings. The maximum absolute atomic E-state index is 13.1. The second-order valence-corrected chi connectivity index (χ2v) is 7.23. The standard InChI is InChI=1S/C18H17F3N6OS/c1-10-15(29-16(23-10)12-6-5-7-22-9-12)11(2)26-28-17-24-13(18(19,20)21)8-14(25-17)27(3)4/h5-9H,1-4H3/b26-11+. The average molecular weight is 422 g/mol. The molecule has 0 aliphatic heterocycles. The Hall–Kier alpha value is -3.08. The summed E-state index contributed by atoms with van der Waals surface area (Å²) in [5.41, 5.74) is 0.921. The van der Waals surface area contributed by atoms with Crippen molar-refractivity contribution in [2.24, 2.45) is 5.16 Å². The molecule has 0 unspecified atom stereocenters. The number of pyridine rings is 1. The minimum absolute atomic E-state index is 0.0583. The largest absolute Gasteiger partial charge is 0.433 e. The van der Waals surface area contributed by atoms with Crippen molar-refractivity contribution >= 4 is 22.9 Å². The minimum Gasteiger partial charge on any atom is -0.363 e. The van der Waals surface area contributed by atoms with Gasteiger partial charge in [-0.3, -0.25) is 4.98 Å². The summed E-state index contributed by atoms with van der Waals surface area (Å²) < 4.78 is 39.2. The first-order valence-corrected chi connectivity index (χ1v) is 9.20. The molecule has 0 aliphatic rings. The number of aryl methyl sites for hydroxylation is 1. The van der Waals surface area contributed by atoms with Gasteiger partial charge in [-0.1, -0.05) is 5.16 Å². The van der Waals surface area contributed by atoms with Crippen LogP contribution in [0, 0.1) is 6.92 Å². The van der Waals surface area contributed by atoms with Gasteiger partial charge in [-0.05, 0) is 26.0 Å². The van der Waals surface area contributed by atoms with Crippen LogP contribution < -0.4 is 9.74 Å². The summed E-state index contributed by atoms with van der Waals surface area (Å²) in [5, 5.41) is 4.67. The molecule has 0 saturated carbocycles. The molecule has 11 heteroatoms. The van der Waals surface area contributed by atoms with Crippen LogP contribution in [0.2, 0.25) is 0 Å². The molecule has 29 heavy (non-hydrogen) atoms. The van der Waals surface area contributed by atoms with Crippen LogP contribution in [0.5, 0.6) is 6.01 Å². The van der Waals surface area contributed by atoms with Crippen molar-refractivity contribution in [3.05, 3.63) is 46.9 Å². The van der Waals surface area contributed by atoms with Crippen LogP contribution >= 0.6 is 11.3 Å². The van der Waals surface area contributed by atoms with Gasteiger partial charge in [-0.25, -0.2) is 4.98 Å². The highest BCUT2D eigenvalue weighted by Gasteiger charge is 2.34. The Morgan fingerprint density at radius 2 is 1.97 bits per heavy atom. The van der Waals surface area contributed by atoms with Gasteiger partial charge in [0, 0.05) is 38.1 Å². The Balaban J connectivity index is 1.88. The molecule has 0 aliphatic carbocycles. The number of alkyl halides is 3. The molecule has 3 heterocycles. The fourth-order valence-corrected chi connectivity index (χ4v) is 3.32. The lowest BCUT2D eigenvalue weighted by molar-refractivity contribution is -0.141. The van der Waals surface area contributed by atoms with Gasteiger partial charge in [-0.2, -0.15) is 23.1 Å². The molecule has 152 valence electrons. The van der Waals surface area contributed by atoms with Crippen LogP contribution in [-0.4, -0.2) is 39.7 Å². The molecular formula is C18H17F3N6OS. The van der Waals surface area contributed by atoms with Crippen LogP contribution in [0.4, 0.5) is 19.0 Å². The van der Waals surface area contributed by atoms with Crippen molar-refractivity contribution in [3.63, 3.8) is 0 Å². The van der Waals surface area contributed by atoms with E-state index in [9.17, 15) is 13.2 Å². The highest BCUT2D eigenvalue weighted by Crippen LogP contribution is 2.31. The molecule has 0 radical (unpaired) electrons. The molecule has 0 spiro atoms. The van der Waals surface area contributed by atoms with E-state index in [4.69, 9.17) is 4.84 Å². The van der Waals surface area contributed by atoms with Crippen molar-refractivity contribution in [2.45, 2.75) is 20.0 Å². The average Bonchev–Trinajstić information content (AvgIpc) is 3.07. The van der Waals surface area contributed by atoms with Crippen molar-refractivity contribution < 1.29 is 18.0 Å². The van der Waals surface area contributed by atoms with Crippen LogP contribution in [0.15, 0.2) is 35.7 Å². The lowest BCUT2D eigenvalue weighted by Crippen LogP contribution is -2.16. The third kappa shape index (κ3) is 4.86. The fraction of sp³-hybridized carbons (Fsp3) is 0.278. The Bertz CT molecular complexity index is 1030. The number of oxime groups is 1. The maximum atomic E-state index is 13.1. The number of aromatic nitrogens is 4. The van der Waals surface area contributed by atoms with Gasteiger partial charge >= 0.3 is 12.2 Å². The third-order valence-corrected chi connectivity index (χ3v) is 5.05. The fourth-order valence-electron chi connectivity index (χ4n) is 2.32. The van der Waals surface area contributed by atoms with E-state index in [-0.39, 0.29) is 5.82 Å². The SMILES string of the molecule is C/C(=N\Oc1nc(N(C)C)cc(C(F)(F)F)n1)c1sc(-c2cccnc2)nc1C. The number of thiazole rings is 1. The number of hydrogen-bond acceptors (Lipinski definition) is 8. The summed E-state index contributed by atoms with van der Waals surface area (Å²) in [6.07, 6.45) is -1.26. The molecule has 0 N–H and O–H groups in total. The second-order valence-electron chi connectivity index (χ2n) is 6.23. The van der Waals surface area contributed by atoms with Crippen LogP contribution in [0.25, 0.3) is 10.6 Å². The molecular weight excluding hydrogens is 405 g/mol. The van der Waals surface area contributed by atoms with E-state index in [1.54, 1.807) is 33.4 Å². The van der Waals surface area contributed by atoms with Gasteiger partial charge < -0.3 is 9.74 Å². The van der Waals surface area contributed by atoms with Gasteiger partial charge in [0.05, 0.1) is 16.3 Å². The first-order chi connectivity index (χ1) is 13.6. The summed E-state index contributed by atoms with van der Waals surface area (Å²) >= 11 is 1.38. The highest BCUT2D eigenvalue weighted by molar-refractivity contribution is 7.17. The molecule has 7 nitrogen and oxygen atoms in total. The summed E-state index contributed by atoms with van der Waals surface area (Å²) in [4.78, 5) is 23.2. The van der Waals surface area contributed by atoms with E-state index in [1.807, 2.05) is 19.1 Å². The van der Waals surface area contributed by atoms with Crippen molar-refractivity contribution in [3.8, 4) is 16.6 Å². The topological polar surface area (TPSA) is 76.4 Å². The first kappa shape index (κ1) is 20.6. The molecule has 0 amide bonds. The number of rotatable bonds is 5. The Morgan fingerprint density at radius 1 is 1.21 bits per heavy atom. The van der Waals surface area contributed by atoms with Crippen LogP contribution in [-0.2, 0) is 6.18 Å². The van der Waals surface area contributed by atoms with E-state index in [1.165, 1.54) is 16.2 Å². The summed E-state index contributed by atoms with van der Waals surface area (Å²) in [6.45, 7) is 3.49. The molecule has 0 saturated heterocycles. The van der Waals surface area contributed by atoms with Gasteiger partial charge in [-0.15, -0.1) is 11.3 Å². The Labute approximate surface area is 168 Å². The number of halogens is 3. The van der Waals surface area contributed by atoms with Gasteiger partial charge in [0.25, 0.3) is 0 Å². The number of hydrogen-bond donors (Lipinski definition) is 0. The van der Waals surface area contributed by atoms with E-state index < -0.39 is 17.9 Å². The van der Waals surface area contributed by atoms with E-state index >= 15 is 0 Å². The lowest BCUT2D eigenvalue weighted by Gasteiger charge is -2.14. The third-order valence-electron chi connectivity index (χ3n) is 3.74. The maximum Gasteiger partial charge on any atom is 0.433 e. The van der Waals surface area contributed by atoms with E-state index in [0.717, 1.165) is 27.2 Å². The molecule has 0 atom stereocenters. The Morgan fingerprint density at radius 3 is 2.59 bits per heavy atom. The van der Waals surface area contributed by atoms with Crippen molar-refractivity contribution in [2.75, 3.05) is 19.0 Å². The zero-order chi connectivity index (χ0) is 21.2. The monoisotopic (exact) mass is 422 g/mol. The summed E-state index contributed by atoms with van der Waals surface area (Å²) in [7, 11) is 3.14. The van der Waals surface area contributed by atoms with Crippen LogP contribution in [0.3, 0.4) is 0 Å². The van der Waals surface area contributed by atoms with Gasteiger partial charge in [0.1, 0.15) is 10.8 Å². The molecule has 0 aromatic carbocycles. The van der Waals surface area contributed by atoms with Crippen LogP contribution in [0.1, 0.15) is 23.2 Å².